The van der Waals surface area contributed by atoms with E-state index in [-0.39, 0.29) is 32.2 Å². The summed E-state index contributed by atoms with van der Waals surface area (Å²) in [5.74, 6) is -2.24. The van der Waals surface area contributed by atoms with E-state index in [1.807, 2.05) is 21.1 Å². The average Bonchev–Trinajstić information content (AvgIpc) is 1.21. The normalized spacial score (nSPS) is 12.6. The molecule has 0 aromatic heterocycles. The maximum absolute atomic E-state index is 13.0. The van der Waals surface area contributed by atoms with Gasteiger partial charge in [0.15, 0.2) is 12.4 Å². The highest BCUT2D eigenvalue weighted by Crippen LogP contribution is 2.21. The molecule has 0 fully saturated rings. The number of aliphatic carboxylic acids is 1. The molecule has 2 atom stereocenters. The summed E-state index contributed by atoms with van der Waals surface area (Å²) in [6.07, 6.45) is 105. The van der Waals surface area contributed by atoms with Crippen LogP contribution in [0.1, 0.15) is 489 Å². The van der Waals surface area contributed by atoms with Crippen LogP contribution in [0, 0.1) is 0 Å². The van der Waals surface area contributed by atoms with Crippen molar-refractivity contribution in [3.8, 4) is 0 Å². The number of carbonyl (C=O) groups excluding carboxylic acids is 3. The van der Waals surface area contributed by atoms with E-state index in [1.54, 1.807) is 0 Å². The largest absolute Gasteiger partial charge is 0.545 e. The topological polar surface area (TPSA) is 111 Å². The fourth-order valence-corrected chi connectivity index (χ4v) is 14.3. The van der Waals surface area contributed by atoms with Gasteiger partial charge in [0.2, 0.25) is 0 Å². The van der Waals surface area contributed by atoms with Crippen molar-refractivity contribution < 1.29 is 42.9 Å². The Kier molecular flexibility index (Phi) is 81.6. The van der Waals surface area contributed by atoms with Gasteiger partial charge >= 0.3 is 11.9 Å². The summed E-state index contributed by atoms with van der Waals surface area (Å²) >= 11 is 0. The minimum absolute atomic E-state index is 0.153. The molecule has 101 heavy (non-hydrogen) atoms. The summed E-state index contributed by atoms with van der Waals surface area (Å²) in [5, 5.41) is 11.9. The molecule has 0 radical (unpaired) electrons. The summed E-state index contributed by atoms with van der Waals surface area (Å²) in [6, 6.07) is 0. The number of hydrogen-bond donors (Lipinski definition) is 0. The monoisotopic (exact) mass is 1420 g/mol. The zero-order valence-corrected chi connectivity index (χ0v) is 68.8. The predicted molar refractivity (Wildman–Crippen MR) is 436 cm³/mol. The van der Waals surface area contributed by atoms with E-state index in [0.29, 0.717) is 17.4 Å². The highest BCUT2D eigenvalue weighted by atomic mass is 16.7. The molecule has 0 aromatic carbocycles. The standard InChI is InChI=1S/C92H177NO8/c1-6-8-10-12-14-16-18-20-22-24-26-28-30-32-34-36-38-40-42-44-45-47-49-51-53-55-57-59-61-63-65-67-69-71-73-75-77-79-81-83-90(95)101-88(87-100-92(91(96)97)98-85-84-93(3,4)5)86-99-89(94)82-80-78-76-74-72-70-68-66-64-62-60-58-56-54-52-50-48-46-43-41-39-37-35-33-31-29-27-25-23-21-19-17-15-13-11-9-7-2/h18,20,24,26,88,92H,6-17,19,21-23,25,27-87H2,1-5H3/b20-18-,26-24-. The number of carbonyl (C=O) groups is 3. The third-order valence-electron chi connectivity index (χ3n) is 21.2. The van der Waals surface area contributed by atoms with Crippen LogP contribution in [0.25, 0.3) is 0 Å². The highest BCUT2D eigenvalue weighted by Gasteiger charge is 2.22. The molecule has 9 nitrogen and oxygen atoms in total. The van der Waals surface area contributed by atoms with E-state index in [0.717, 1.165) is 44.9 Å². The molecule has 0 saturated heterocycles. The van der Waals surface area contributed by atoms with E-state index in [9.17, 15) is 19.5 Å². The number of esters is 2. The zero-order chi connectivity index (χ0) is 73.2. The van der Waals surface area contributed by atoms with Gasteiger partial charge < -0.3 is 33.3 Å². The minimum atomic E-state index is -1.62. The third kappa shape index (κ3) is 84.9. The SMILES string of the molecule is CCCCCCC/C=C\C/C=C\CCCCCCCCCCCCCCCCCCCCCCCCCCCCCC(=O)OC(COC(=O)CCCCCCCCCCCCCCCCCCCCCCCCCCCCCCCCCCCCCCC)COC(OCC[N+](C)(C)C)C(=O)[O-]. The first-order chi connectivity index (χ1) is 49.6. The molecule has 0 aromatic rings. The number of ether oxygens (including phenoxy) is 4. The minimum Gasteiger partial charge on any atom is -0.545 e. The van der Waals surface area contributed by atoms with Crippen LogP contribution in [0.5, 0.6) is 0 Å². The van der Waals surface area contributed by atoms with Gasteiger partial charge in [0.1, 0.15) is 13.2 Å². The van der Waals surface area contributed by atoms with Crippen LogP contribution in [0.3, 0.4) is 0 Å². The van der Waals surface area contributed by atoms with Crippen molar-refractivity contribution in [2.75, 3.05) is 47.5 Å². The van der Waals surface area contributed by atoms with Crippen LogP contribution in [0.2, 0.25) is 0 Å². The molecule has 0 spiro atoms. The van der Waals surface area contributed by atoms with Crippen LogP contribution >= 0.6 is 0 Å². The molecule has 0 rings (SSSR count). The number of rotatable bonds is 87. The Morgan fingerprint density at radius 1 is 0.297 bits per heavy atom. The molecule has 0 amide bonds. The summed E-state index contributed by atoms with van der Waals surface area (Å²) in [6.45, 7) is 4.84. The molecule has 0 aliphatic carbocycles. The Morgan fingerprint density at radius 2 is 0.535 bits per heavy atom. The summed E-state index contributed by atoms with van der Waals surface area (Å²) < 4.78 is 22.9. The molecule has 0 aliphatic heterocycles. The van der Waals surface area contributed by atoms with E-state index in [4.69, 9.17) is 18.9 Å². The summed E-state index contributed by atoms with van der Waals surface area (Å²) in [5.41, 5.74) is 0. The fraction of sp³-hybridized carbons (Fsp3) is 0.924. The second-order valence-electron chi connectivity index (χ2n) is 32.6. The lowest BCUT2D eigenvalue weighted by Crippen LogP contribution is -2.44. The maximum atomic E-state index is 13.0. The molecule has 0 saturated carbocycles. The van der Waals surface area contributed by atoms with Crippen molar-refractivity contribution in [1.82, 2.24) is 0 Å². The number of unbranched alkanes of at least 4 members (excludes halogenated alkanes) is 68. The van der Waals surface area contributed by atoms with Crippen molar-refractivity contribution in [1.29, 1.82) is 0 Å². The van der Waals surface area contributed by atoms with Crippen LogP contribution in [-0.4, -0.2) is 82.3 Å². The Morgan fingerprint density at radius 3 is 0.782 bits per heavy atom. The summed E-state index contributed by atoms with van der Waals surface area (Å²) in [7, 11) is 5.96. The number of nitrogens with zero attached hydrogens (tertiary/aromatic N) is 1. The van der Waals surface area contributed by atoms with Gasteiger partial charge in [-0.25, -0.2) is 0 Å². The van der Waals surface area contributed by atoms with Crippen LogP contribution in [0.15, 0.2) is 24.3 Å². The fourth-order valence-electron chi connectivity index (χ4n) is 14.3. The number of likely N-dealkylation sites (N-methyl/N-ethyl adjacent to an activating group) is 1. The number of carboxylic acid groups (broad SMARTS) is 1. The molecular weight excluding hydrogens is 1250 g/mol. The Hall–Kier alpha value is -2.23. The quantitative estimate of drug-likeness (QED) is 0.0195. The number of quaternary nitrogens is 1. The van der Waals surface area contributed by atoms with Crippen molar-refractivity contribution in [3.63, 3.8) is 0 Å². The van der Waals surface area contributed by atoms with Gasteiger partial charge in [0.25, 0.3) is 0 Å². The second-order valence-corrected chi connectivity index (χ2v) is 32.6. The predicted octanol–water partition coefficient (Wildman–Crippen LogP) is 28.3. The van der Waals surface area contributed by atoms with Crippen LogP contribution in [-0.2, 0) is 33.3 Å². The molecule has 0 aliphatic rings. The van der Waals surface area contributed by atoms with Crippen molar-refractivity contribution >= 4 is 17.9 Å². The van der Waals surface area contributed by atoms with E-state index in [2.05, 4.69) is 38.2 Å². The lowest BCUT2D eigenvalue weighted by molar-refractivity contribution is -0.870. The van der Waals surface area contributed by atoms with Crippen LogP contribution < -0.4 is 5.11 Å². The van der Waals surface area contributed by atoms with Gasteiger partial charge in [-0.3, -0.25) is 9.59 Å². The van der Waals surface area contributed by atoms with Crippen molar-refractivity contribution in [2.45, 2.75) is 501 Å². The Balaban J connectivity index is 3.88. The molecule has 2 unspecified atom stereocenters. The summed E-state index contributed by atoms with van der Waals surface area (Å²) in [4.78, 5) is 37.7. The highest BCUT2D eigenvalue weighted by molar-refractivity contribution is 5.70. The number of carboxylic acids is 1. The first kappa shape index (κ1) is 98.8. The van der Waals surface area contributed by atoms with Gasteiger partial charge in [0.05, 0.1) is 40.3 Å². The smallest absolute Gasteiger partial charge is 0.306 e. The van der Waals surface area contributed by atoms with Gasteiger partial charge in [-0.15, -0.1) is 0 Å². The number of hydrogen-bond acceptors (Lipinski definition) is 8. The molecule has 0 N–H and O–H groups in total. The average molecular weight is 1430 g/mol. The lowest BCUT2D eigenvalue weighted by atomic mass is 10.0. The lowest BCUT2D eigenvalue weighted by Gasteiger charge is -2.26. The second kappa shape index (κ2) is 83.4. The van der Waals surface area contributed by atoms with Crippen LogP contribution in [0.4, 0.5) is 0 Å². The molecular formula is C92H177NO8. The number of allylic oxidation sites excluding steroid dienone is 4. The van der Waals surface area contributed by atoms with Gasteiger partial charge in [-0.2, -0.15) is 0 Å². The first-order valence-electron chi connectivity index (χ1n) is 45.5. The van der Waals surface area contributed by atoms with Gasteiger partial charge in [-0.05, 0) is 44.9 Å². The Labute approximate surface area is 630 Å². The molecule has 598 valence electrons. The maximum Gasteiger partial charge on any atom is 0.306 e. The zero-order valence-electron chi connectivity index (χ0n) is 68.8. The van der Waals surface area contributed by atoms with E-state index < -0.39 is 24.3 Å². The first-order valence-corrected chi connectivity index (χ1v) is 45.5. The third-order valence-corrected chi connectivity index (χ3v) is 21.2. The van der Waals surface area contributed by atoms with Crippen molar-refractivity contribution in [2.24, 2.45) is 0 Å². The molecule has 9 heteroatoms. The Bertz CT molecular complexity index is 1710. The van der Waals surface area contributed by atoms with E-state index >= 15 is 0 Å². The van der Waals surface area contributed by atoms with Gasteiger partial charge in [-0.1, -0.05) is 456 Å². The van der Waals surface area contributed by atoms with Crippen molar-refractivity contribution in [3.05, 3.63) is 24.3 Å². The molecule has 0 heterocycles. The van der Waals surface area contributed by atoms with E-state index in [1.165, 1.54) is 417 Å². The van der Waals surface area contributed by atoms with Gasteiger partial charge in [0, 0.05) is 12.8 Å². The molecule has 0 bridgehead atoms.